The van der Waals surface area contributed by atoms with Crippen LogP contribution in [0.4, 0.5) is 0 Å². The van der Waals surface area contributed by atoms with E-state index in [4.69, 9.17) is 5.73 Å². The summed E-state index contributed by atoms with van der Waals surface area (Å²) < 4.78 is 24.1. The first kappa shape index (κ1) is 10.4. The number of amides is 1. The van der Waals surface area contributed by atoms with Crippen LogP contribution < -0.4 is 10.5 Å². The van der Waals surface area contributed by atoms with E-state index in [0.717, 1.165) is 0 Å². The van der Waals surface area contributed by atoms with E-state index in [1.807, 2.05) is 0 Å². The van der Waals surface area contributed by atoms with E-state index in [9.17, 15) is 13.2 Å². The lowest BCUT2D eigenvalue weighted by molar-refractivity contribution is -0.141. The van der Waals surface area contributed by atoms with Crippen LogP contribution in [0, 0.1) is 0 Å². The maximum atomic E-state index is 11.0. The molecule has 1 fully saturated rings. The Hall–Kier alpha value is -0.660. The Balaban J connectivity index is 2.33. The Kier molecular flexibility index (Phi) is 2.89. The van der Waals surface area contributed by atoms with Crippen molar-refractivity contribution in [2.24, 2.45) is 5.73 Å². The van der Waals surface area contributed by atoms with E-state index in [-0.39, 0.29) is 18.2 Å². The van der Waals surface area contributed by atoms with E-state index in [0.29, 0.717) is 6.54 Å². The van der Waals surface area contributed by atoms with Crippen molar-refractivity contribution in [1.82, 2.24) is 9.62 Å². The molecule has 0 aromatic heterocycles. The van der Waals surface area contributed by atoms with Gasteiger partial charge in [-0.2, -0.15) is 0 Å². The summed E-state index contributed by atoms with van der Waals surface area (Å²) in [6.45, 7) is 0.674. The summed E-state index contributed by atoms with van der Waals surface area (Å²) in [6, 6.07) is -0.433. The molecule has 0 spiro atoms. The fraction of sp³-hybridized carbons (Fsp3) is 0.833. The van der Waals surface area contributed by atoms with Crippen LogP contribution in [0.5, 0.6) is 0 Å². The van der Waals surface area contributed by atoms with Gasteiger partial charge in [0.25, 0.3) is 0 Å². The predicted octanol–water partition coefficient (Wildman–Crippen LogP) is -2.29. The number of nitrogens with one attached hydrogen (secondary N) is 1. The number of hydrogen-bond acceptors (Lipinski definition) is 4. The van der Waals surface area contributed by atoms with Crippen molar-refractivity contribution in [1.29, 1.82) is 0 Å². The van der Waals surface area contributed by atoms with Crippen molar-refractivity contribution < 1.29 is 13.2 Å². The summed E-state index contributed by atoms with van der Waals surface area (Å²) in [5.74, 6) is -0.242. The van der Waals surface area contributed by atoms with Gasteiger partial charge in [-0.05, 0) is 7.05 Å². The first-order valence-electron chi connectivity index (χ1n) is 3.92. The topological polar surface area (TPSA) is 92.5 Å². The number of β-lactam (4-membered cyclic amide) rings is 1. The average Bonchev–Trinajstić information content (AvgIpc) is 2.11. The van der Waals surface area contributed by atoms with Gasteiger partial charge in [-0.15, -0.1) is 0 Å². The van der Waals surface area contributed by atoms with Crippen molar-refractivity contribution in [3.8, 4) is 0 Å². The number of nitrogens with two attached hydrogens (primary N) is 1. The molecule has 0 aromatic rings. The van der Waals surface area contributed by atoms with Crippen molar-refractivity contribution in [3.05, 3.63) is 0 Å². The molecule has 0 bridgehead atoms. The van der Waals surface area contributed by atoms with Gasteiger partial charge in [0.15, 0.2) is 0 Å². The average molecular weight is 207 g/mol. The Morgan fingerprint density at radius 2 is 2.31 bits per heavy atom. The summed E-state index contributed by atoms with van der Waals surface area (Å²) in [7, 11) is -1.87. The molecule has 1 saturated heterocycles. The van der Waals surface area contributed by atoms with Crippen LogP contribution in [0.3, 0.4) is 0 Å². The monoisotopic (exact) mass is 207 g/mol. The first-order valence-corrected chi connectivity index (χ1v) is 5.57. The van der Waals surface area contributed by atoms with Gasteiger partial charge < -0.3 is 10.6 Å². The first-order chi connectivity index (χ1) is 5.96. The molecular formula is C6H13N3O3S. The van der Waals surface area contributed by atoms with Gasteiger partial charge in [-0.3, -0.25) is 4.79 Å². The molecule has 3 N–H and O–H groups in total. The van der Waals surface area contributed by atoms with E-state index >= 15 is 0 Å². The number of carbonyl (C=O) groups is 1. The third-order valence-corrected chi connectivity index (χ3v) is 3.33. The van der Waals surface area contributed by atoms with Crippen LogP contribution in [0.2, 0.25) is 0 Å². The predicted molar refractivity (Wildman–Crippen MR) is 47.4 cm³/mol. The molecule has 1 rings (SSSR count). The lowest BCUT2D eigenvalue weighted by Gasteiger charge is -2.35. The summed E-state index contributed by atoms with van der Waals surface area (Å²) in [6.07, 6.45) is 0. The number of likely N-dealkylation sites (tertiary alicyclic amines) is 1. The highest BCUT2D eigenvalue weighted by Gasteiger charge is 2.33. The fourth-order valence-electron chi connectivity index (χ4n) is 1.06. The number of carbonyl (C=O) groups excluding carboxylic acids is 1. The third-order valence-electron chi connectivity index (χ3n) is 1.99. The second kappa shape index (κ2) is 3.60. The second-order valence-electron chi connectivity index (χ2n) is 2.91. The Morgan fingerprint density at radius 3 is 2.69 bits per heavy atom. The Bertz CT molecular complexity index is 300. The number of rotatable bonds is 4. The lowest BCUT2D eigenvalue weighted by atomic mass is 10.1. The number of hydrogen-bond donors (Lipinski definition) is 2. The highest BCUT2D eigenvalue weighted by atomic mass is 32.2. The summed E-state index contributed by atoms with van der Waals surface area (Å²) in [4.78, 5) is 12.4. The second-order valence-corrected chi connectivity index (χ2v) is 4.96. The summed E-state index contributed by atoms with van der Waals surface area (Å²) >= 11 is 0. The largest absolute Gasteiger partial charge is 0.338 e. The smallest absolute Gasteiger partial charge is 0.241 e. The van der Waals surface area contributed by atoms with Gasteiger partial charge in [-0.1, -0.05) is 0 Å². The molecule has 1 atom stereocenters. The molecule has 1 aliphatic heterocycles. The molecule has 7 heteroatoms. The molecule has 0 aliphatic carbocycles. The molecule has 1 amide bonds. The molecule has 1 heterocycles. The summed E-state index contributed by atoms with van der Waals surface area (Å²) in [5, 5.41) is 0. The highest BCUT2D eigenvalue weighted by molar-refractivity contribution is 7.89. The third kappa shape index (κ3) is 2.39. The van der Waals surface area contributed by atoms with Crippen LogP contribution >= 0.6 is 0 Å². The van der Waals surface area contributed by atoms with Gasteiger partial charge in [0.05, 0.1) is 5.75 Å². The Labute approximate surface area is 77.1 Å². The standard InChI is InChI=1S/C6H13N3O3S/c1-8-13(11,12)3-2-9-4-5(7)6(9)10/h5,8H,2-4,7H2,1H3. The molecule has 0 radical (unpaired) electrons. The number of sulfonamides is 1. The van der Waals surface area contributed by atoms with Crippen molar-refractivity contribution in [2.75, 3.05) is 25.9 Å². The van der Waals surface area contributed by atoms with Gasteiger partial charge in [0.1, 0.15) is 6.04 Å². The molecule has 0 saturated carbocycles. The molecular weight excluding hydrogens is 194 g/mol. The highest BCUT2D eigenvalue weighted by Crippen LogP contribution is 2.06. The van der Waals surface area contributed by atoms with E-state index in [2.05, 4.69) is 4.72 Å². The zero-order chi connectivity index (χ0) is 10.1. The van der Waals surface area contributed by atoms with Gasteiger partial charge in [0.2, 0.25) is 15.9 Å². The molecule has 0 aromatic carbocycles. The van der Waals surface area contributed by atoms with E-state index < -0.39 is 16.1 Å². The molecule has 1 unspecified atom stereocenters. The van der Waals surface area contributed by atoms with Crippen LogP contribution in [-0.2, 0) is 14.8 Å². The SMILES string of the molecule is CNS(=O)(=O)CCN1CC(N)C1=O. The quantitative estimate of drug-likeness (QED) is 0.507. The van der Waals surface area contributed by atoms with E-state index in [1.165, 1.54) is 11.9 Å². The summed E-state index contributed by atoms with van der Waals surface area (Å²) in [5.41, 5.74) is 5.33. The molecule has 13 heavy (non-hydrogen) atoms. The van der Waals surface area contributed by atoms with Gasteiger partial charge in [-0.25, -0.2) is 13.1 Å². The van der Waals surface area contributed by atoms with Crippen LogP contribution in [0.25, 0.3) is 0 Å². The molecule has 6 nitrogen and oxygen atoms in total. The van der Waals surface area contributed by atoms with Crippen LogP contribution in [-0.4, -0.2) is 51.2 Å². The zero-order valence-corrected chi connectivity index (χ0v) is 8.17. The normalized spacial score (nSPS) is 23.1. The van der Waals surface area contributed by atoms with E-state index in [1.54, 1.807) is 0 Å². The van der Waals surface area contributed by atoms with Gasteiger partial charge in [0, 0.05) is 13.1 Å². The van der Waals surface area contributed by atoms with Gasteiger partial charge >= 0.3 is 0 Å². The minimum Gasteiger partial charge on any atom is -0.338 e. The fourth-order valence-corrected chi connectivity index (χ4v) is 1.73. The van der Waals surface area contributed by atoms with Crippen molar-refractivity contribution >= 4 is 15.9 Å². The van der Waals surface area contributed by atoms with Crippen LogP contribution in [0.1, 0.15) is 0 Å². The number of nitrogens with zero attached hydrogens (tertiary/aromatic N) is 1. The Morgan fingerprint density at radius 1 is 1.69 bits per heavy atom. The molecule has 1 aliphatic rings. The molecule has 76 valence electrons. The minimum atomic E-state index is -3.22. The van der Waals surface area contributed by atoms with Crippen molar-refractivity contribution in [2.45, 2.75) is 6.04 Å². The van der Waals surface area contributed by atoms with Crippen molar-refractivity contribution in [3.63, 3.8) is 0 Å². The maximum absolute atomic E-state index is 11.0. The van der Waals surface area contributed by atoms with Crippen LogP contribution in [0.15, 0.2) is 0 Å². The minimum absolute atomic E-state index is 0.0675. The zero-order valence-electron chi connectivity index (χ0n) is 7.36. The lowest BCUT2D eigenvalue weighted by Crippen LogP contribution is -2.61. The maximum Gasteiger partial charge on any atom is 0.241 e.